The molecule has 1 aromatic rings. The summed E-state index contributed by atoms with van der Waals surface area (Å²) in [6, 6.07) is 6.52. The van der Waals surface area contributed by atoms with Crippen LogP contribution in [-0.4, -0.2) is 23.6 Å². The third kappa shape index (κ3) is 1.94. The van der Waals surface area contributed by atoms with Crippen molar-refractivity contribution in [2.45, 2.75) is 43.7 Å². The van der Waals surface area contributed by atoms with Crippen molar-refractivity contribution < 1.29 is 19.0 Å². The Balaban J connectivity index is 1.89. The van der Waals surface area contributed by atoms with Gasteiger partial charge in [-0.1, -0.05) is 18.2 Å². The number of aliphatic hydroxyl groups excluding tert-OH is 1. The molecular formula is C14H17FO3. The Labute approximate surface area is 106 Å². The quantitative estimate of drug-likeness (QED) is 0.879. The van der Waals surface area contributed by atoms with E-state index in [0.717, 1.165) is 25.7 Å². The monoisotopic (exact) mass is 252 g/mol. The van der Waals surface area contributed by atoms with Crippen LogP contribution < -0.4 is 0 Å². The van der Waals surface area contributed by atoms with E-state index < -0.39 is 18.0 Å². The van der Waals surface area contributed by atoms with Gasteiger partial charge in [0.25, 0.3) is 0 Å². The standard InChI is InChI=1S/C14H17FO3/c15-11-6-2-1-5-10(11)13-12(9-16)17-14(18-13)7-3-4-8-14/h1-2,5-6,12-13,16H,3-4,7-9H2. The smallest absolute Gasteiger partial charge is 0.169 e. The summed E-state index contributed by atoms with van der Waals surface area (Å²) >= 11 is 0. The van der Waals surface area contributed by atoms with Crippen LogP contribution in [0.25, 0.3) is 0 Å². The van der Waals surface area contributed by atoms with Crippen LogP contribution >= 0.6 is 0 Å². The fourth-order valence-corrected chi connectivity index (χ4v) is 2.92. The lowest BCUT2D eigenvalue weighted by Crippen LogP contribution is -2.27. The molecule has 18 heavy (non-hydrogen) atoms. The fraction of sp³-hybridized carbons (Fsp3) is 0.571. The molecule has 3 rings (SSSR count). The van der Waals surface area contributed by atoms with E-state index in [1.807, 2.05) is 0 Å². The molecule has 1 aliphatic carbocycles. The molecule has 1 spiro atoms. The van der Waals surface area contributed by atoms with Crippen LogP contribution in [0.5, 0.6) is 0 Å². The molecule has 1 aliphatic heterocycles. The van der Waals surface area contributed by atoms with Crippen LogP contribution in [0.1, 0.15) is 37.4 Å². The van der Waals surface area contributed by atoms with E-state index in [1.54, 1.807) is 18.2 Å². The predicted octanol–water partition coefficient (Wildman–Crippen LogP) is 2.54. The zero-order valence-corrected chi connectivity index (χ0v) is 10.1. The van der Waals surface area contributed by atoms with Crippen molar-refractivity contribution in [2.24, 2.45) is 0 Å². The Morgan fingerprint density at radius 1 is 1.22 bits per heavy atom. The molecule has 98 valence electrons. The zero-order valence-electron chi connectivity index (χ0n) is 10.1. The van der Waals surface area contributed by atoms with Crippen molar-refractivity contribution in [3.8, 4) is 0 Å². The third-order valence-electron chi connectivity index (χ3n) is 3.80. The summed E-state index contributed by atoms with van der Waals surface area (Å²) < 4.78 is 25.6. The molecular weight excluding hydrogens is 235 g/mol. The van der Waals surface area contributed by atoms with Crippen molar-refractivity contribution in [3.63, 3.8) is 0 Å². The van der Waals surface area contributed by atoms with Crippen LogP contribution in [0.15, 0.2) is 24.3 Å². The lowest BCUT2D eigenvalue weighted by molar-refractivity contribution is -0.172. The van der Waals surface area contributed by atoms with E-state index in [9.17, 15) is 9.50 Å². The van der Waals surface area contributed by atoms with Gasteiger partial charge in [0.15, 0.2) is 5.79 Å². The summed E-state index contributed by atoms with van der Waals surface area (Å²) in [5.74, 6) is -0.903. The van der Waals surface area contributed by atoms with Crippen molar-refractivity contribution in [2.75, 3.05) is 6.61 Å². The van der Waals surface area contributed by atoms with E-state index >= 15 is 0 Å². The first-order chi connectivity index (χ1) is 8.74. The lowest BCUT2D eigenvalue weighted by atomic mass is 10.0. The zero-order chi connectivity index (χ0) is 12.6. The van der Waals surface area contributed by atoms with Gasteiger partial charge in [-0.3, -0.25) is 0 Å². The van der Waals surface area contributed by atoms with Gasteiger partial charge in [-0.25, -0.2) is 4.39 Å². The number of hydrogen-bond acceptors (Lipinski definition) is 3. The first kappa shape index (κ1) is 12.1. The Hall–Kier alpha value is -0.970. The van der Waals surface area contributed by atoms with E-state index in [0.29, 0.717) is 5.56 Å². The van der Waals surface area contributed by atoms with Gasteiger partial charge in [-0.05, 0) is 18.9 Å². The summed E-state index contributed by atoms with van der Waals surface area (Å²) in [4.78, 5) is 0. The minimum atomic E-state index is -0.597. The fourth-order valence-electron chi connectivity index (χ4n) is 2.92. The van der Waals surface area contributed by atoms with E-state index in [4.69, 9.17) is 9.47 Å². The second-order valence-corrected chi connectivity index (χ2v) is 5.02. The van der Waals surface area contributed by atoms with Gasteiger partial charge in [0, 0.05) is 18.4 Å². The number of benzene rings is 1. The minimum Gasteiger partial charge on any atom is -0.394 e. The second-order valence-electron chi connectivity index (χ2n) is 5.02. The Kier molecular flexibility index (Phi) is 3.09. The van der Waals surface area contributed by atoms with Gasteiger partial charge in [-0.2, -0.15) is 0 Å². The molecule has 1 heterocycles. The Morgan fingerprint density at radius 2 is 1.94 bits per heavy atom. The highest BCUT2D eigenvalue weighted by Crippen LogP contribution is 2.47. The van der Waals surface area contributed by atoms with Gasteiger partial charge < -0.3 is 14.6 Å². The van der Waals surface area contributed by atoms with Gasteiger partial charge in [0.05, 0.1) is 6.61 Å². The highest BCUT2D eigenvalue weighted by molar-refractivity contribution is 5.22. The Morgan fingerprint density at radius 3 is 2.61 bits per heavy atom. The second kappa shape index (κ2) is 4.61. The average Bonchev–Trinajstić information content (AvgIpc) is 2.98. The van der Waals surface area contributed by atoms with Crippen LogP contribution in [0, 0.1) is 5.82 Å². The minimum absolute atomic E-state index is 0.152. The number of rotatable bonds is 2. The normalized spacial score (nSPS) is 30.1. The summed E-state index contributed by atoms with van der Waals surface area (Å²) in [7, 11) is 0. The maximum Gasteiger partial charge on any atom is 0.169 e. The molecule has 1 saturated carbocycles. The van der Waals surface area contributed by atoms with Gasteiger partial charge >= 0.3 is 0 Å². The summed E-state index contributed by atoms with van der Waals surface area (Å²) in [5, 5.41) is 9.40. The van der Waals surface area contributed by atoms with Crippen LogP contribution in [0.3, 0.4) is 0 Å². The maximum atomic E-state index is 13.8. The molecule has 2 unspecified atom stereocenters. The van der Waals surface area contributed by atoms with E-state index in [2.05, 4.69) is 0 Å². The van der Waals surface area contributed by atoms with Gasteiger partial charge in [0.2, 0.25) is 0 Å². The summed E-state index contributed by atoms with van der Waals surface area (Å²) in [6.07, 6.45) is 2.79. The Bertz CT molecular complexity index is 429. The van der Waals surface area contributed by atoms with Crippen LogP contribution in [0.4, 0.5) is 4.39 Å². The highest BCUT2D eigenvalue weighted by Gasteiger charge is 2.49. The maximum absolute atomic E-state index is 13.8. The van der Waals surface area contributed by atoms with Crippen molar-refractivity contribution in [3.05, 3.63) is 35.6 Å². The highest BCUT2D eigenvalue weighted by atomic mass is 19.1. The summed E-state index contributed by atoms with van der Waals surface area (Å²) in [6.45, 7) is -0.152. The van der Waals surface area contributed by atoms with Gasteiger partial charge in [-0.15, -0.1) is 0 Å². The average molecular weight is 252 g/mol. The van der Waals surface area contributed by atoms with E-state index in [-0.39, 0.29) is 12.4 Å². The number of hydrogen-bond donors (Lipinski definition) is 1. The largest absolute Gasteiger partial charge is 0.394 e. The molecule has 4 heteroatoms. The molecule has 3 nitrogen and oxygen atoms in total. The molecule has 1 N–H and O–H groups in total. The molecule has 2 fully saturated rings. The molecule has 1 aromatic carbocycles. The number of aliphatic hydroxyl groups is 1. The molecule has 2 aliphatic rings. The number of ether oxygens (including phenoxy) is 2. The molecule has 2 atom stereocenters. The molecule has 0 bridgehead atoms. The van der Waals surface area contributed by atoms with Crippen molar-refractivity contribution in [1.29, 1.82) is 0 Å². The van der Waals surface area contributed by atoms with Crippen LogP contribution in [0.2, 0.25) is 0 Å². The van der Waals surface area contributed by atoms with Crippen molar-refractivity contribution in [1.82, 2.24) is 0 Å². The molecule has 1 saturated heterocycles. The first-order valence-electron chi connectivity index (χ1n) is 6.45. The predicted molar refractivity (Wildman–Crippen MR) is 63.4 cm³/mol. The lowest BCUT2D eigenvalue weighted by Gasteiger charge is -2.22. The topological polar surface area (TPSA) is 38.7 Å². The molecule has 0 radical (unpaired) electrons. The molecule has 0 aromatic heterocycles. The number of halogens is 1. The van der Waals surface area contributed by atoms with Gasteiger partial charge in [0.1, 0.15) is 18.0 Å². The first-order valence-corrected chi connectivity index (χ1v) is 6.45. The summed E-state index contributed by atoms with van der Waals surface area (Å²) in [5.41, 5.74) is 0.473. The van der Waals surface area contributed by atoms with E-state index in [1.165, 1.54) is 6.07 Å². The van der Waals surface area contributed by atoms with Crippen LogP contribution in [-0.2, 0) is 9.47 Å². The SMILES string of the molecule is OCC1OC2(CCCC2)OC1c1ccccc1F. The third-order valence-corrected chi connectivity index (χ3v) is 3.80. The van der Waals surface area contributed by atoms with Crippen molar-refractivity contribution >= 4 is 0 Å². The molecule has 0 amide bonds.